The molecule has 3 aromatic heterocycles. The van der Waals surface area contributed by atoms with E-state index in [1.54, 1.807) is 0 Å². The van der Waals surface area contributed by atoms with Gasteiger partial charge >= 0.3 is 0 Å². The third kappa shape index (κ3) is 2.95. The zero-order valence-electron chi connectivity index (χ0n) is 24.7. The summed E-state index contributed by atoms with van der Waals surface area (Å²) in [4.78, 5) is 5.41. The Morgan fingerprint density at radius 3 is 1.65 bits per heavy atom. The van der Waals surface area contributed by atoms with Crippen LogP contribution in [0.5, 0.6) is 0 Å². The molecule has 0 saturated carbocycles. The van der Waals surface area contributed by atoms with Crippen LogP contribution in [-0.4, -0.2) is 9.55 Å². The first-order valence-corrected chi connectivity index (χ1v) is 15.7. The molecular formula is C43H24N2O. The molecule has 11 rings (SSSR count). The molecule has 0 aliphatic heterocycles. The first-order valence-electron chi connectivity index (χ1n) is 15.7. The second-order valence-corrected chi connectivity index (χ2v) is 12.2. The molecule has 0 unspecified atom stereocenters. The van der Waals surface area contributed by atoms with Gasteiger partial charge in [0, 0.05) is 37.7 Å². The van der Waals surface area contributed by atoms with Crippen LogP contribution in [-0.2, 0) is 0 Å². The summed E-state index contributed by atoms with van der Waals surface area (Å²) in [7, 11) is 0. The maximum atomic E-state index is 6.76. The third-order valence-corrected chi connectivity index (χ3v) is 9.92. The summed E-state index contributed by atoms with van der Waals surface area (Å²) in [5.74, 6) is 0.811. The Labute approximate surface area is 262 Å². The Kier molecular flexibility index (Phi) is 4.58. The van der Waals surface area contributed by atoms with Gasteiger partial charge in [-0.1, -0.05) is 127 Å². The van der Waals surface area contributed by atoms with Crippen molar-refractivity contribution in [2.24, 2.45) is 0 Å². The van der Waals surface area contributed by atoms with Crippen LogP contribution < -0.4 is 0 Å². The molecule has 0 aliphatic carbocycles. The largest absolute Gasteiger partial charge is 0.452 e. The van der Waals surface area contributed by atoms with Crippen LogP contribution in [0.1, 0.15) is 0 Å². The summed E-state index contributed by atoms with van der Waals surface area (Å²) in [5, 5.41) is 15.8. The topological polar surface area (TPSA) is 31.0 Å². The van der Waals surface area contributed by atoms with Crippen molar-refractivity contribution in [3.8, 4) is 5.82 Å². The van der Waals surface area contributed by atoms with E-state index in [9.17, 15) is 0 Å². The van der Waals surface area contributed by atoms with Gasteiger partial charge in [-0.2, -0.15) is 0 Å². The van der Waals surface area contributed by atoms with Crippen LogP contribution in [0.15, 0.2) is 150 Å². The number of fused-ring (bicyclic) bond motifs is 18. The maximum absolute atomic E-state index is 6.76. The van der Waals surface area contributed by atoms with Gasteiger partial charge in [0.05, 0.1) is 16.6 Å². The number of furan rings is 1. The number of benzene rings is 8. The molecule has 0 spiro atoms. The van der Waals surface area contributed by atoms with Crippen LogP contribution in [0.3, 0.4) is 0 Å². The highest BCUT2D eigenvalue weighted by molar-refractivity contribution is 6.42. The molecule has 3 heteroatoms. The third-order valence-electron chi connectivity index (χ3n) is 9.92. The summed E-state index contributed by atoms with van der Waals surface area (Å²) in [5.41, 5.74) is 4.87. The fourth-order valence-electron chi connectivity index (χ4n) is 8.13. The van der Waals surface area contributed by atoms with E-state index in [1.165, 1.54) is 53.9 Å². The summed E-state index contributed by atoms with van der Waals surface area (Å²) in [6.45, 7) is 0. The Morgan fingerprint density at radius 1 is 0.391 bits per heavy atom. The van der Waals surface area contributed by atoms with Crippen molar-refractivity contribution < 1.29 is 4.42 Å². The maximum Gasteiger partial charge on any atom is 0.182 e. The Morgan fingerprint density at radius 2 is 0.913 bits per heavy atom. The van der Waals surface area contributed by atoms with Gasteiger partial charge in [0.1, 0.15) is 5.58 Å². The van der Waals surface area contributed by atoms with E-state index in [4.69, 9.17) is 9.40 Å². The summed E-state index contributed by atoms with van der Waals surface area (Å²) >= 11 is 0. The lowest BCUT2D eigenvalue weighted by molar-refractivity contribution is 0.664. The standard InChI is InChI=1S/C43H24N2O/c1-3-15-27-25(13-1)26-14-2-4-16-28(26)39-37(27)29-17-5-6-18-30(29)41-40(39)32-20-8-11-23-35(32)45(41)43-42-38(31-19-7-10-22-34(31)44-43)33-21-9-12-24-36(33)46-42/h1-24H. The van der Waals surface area contributed by atoms with Crippen molar-refractivity contribution in [2.75, 3.05) is 0 Å². The van der Waals surface area contributed by atoms with Gasteiger partial charge < -0.3 is 4.42 Å². The predicted molar refractivity (Wildman–Crippen MR) is 193 cm³/mol. The molecule has 212 valence electrons. The van der Waals surface area contributed by atoms with E-state index < -0.39 is 0 Å². The first-order chi connectivity index (χ1) is 22.9. The molecule has 0 bridgehead atoms. The van der Waals surface area contributed by atoms with Gasteiger partial charge in [0.2, 0.25) is 0 Å². The molecule has 0 amide bonds. The highest BCUT2D eigenvalue weighted by atomic mass is 16.3. The van der Waals surface area contributed by atoms with E-state index in [1.807, 2.05) is 6.07 Å². The molecule has 0 saturated heterocycles. The van der Waals surface area contributed by atoms with E-state index in [2.05, 4.69) is 144 Å². The Bertz CT molecular complexity index is 3090. The monoisotopic (exact) mass is 584 g/mol. The zero-order chi connectivity index (χ0) is 29.9. The van der Waals surface area contributed by atoms with Crippen molar-refractivity contribution in [2.45, 2.75) is 0 Å². The zero-order valence-corrected chi connectivity index (χ0v) is 24.7. The second kappa shape index (κ2) is 8.71. The molecule has 0 aliphatic rings. The smallest absolute Gasteiger partial charge is 0.182 e. The van der Waals surface area contributed by atoms with Crippen molar-refractivity contribution in [1.29, 1.82) is 0 Å². The minimum absolute atomic E-state index is 0.801. The van der Waals surface area contributed by atoms with Crippen molar-refractivity contribution >= 4 is 97.7 Å². The minimum Gasteiger partial charge on any atom is -0.452 e. The fraction of sp³-hybridized carbons (Fsp3) is 0. The molecule has 3 heterocycles. The quantitative estimate of drug-likeness (QED) is 0.180. The molecule has 3 nitrogen and oxygen atoms in total. The van der Waals surface area contributed by atoms with Crippen molar-refractivity contribution in [3.05, 3.63) is 146 Å². The molecular weight excluding hydrogens is 560 g/mol. The van der Waals surface area contributed by atoms with Gasteiger partial charge in [0.25, 0.3) is 0 Å². The van der Waals surface area contributed by atoms with Gasteiger partial charge in [0.15, 0.2) is 11.4 Å². The van der Waals surface area contributed by atoms with E-state index >= 15 is 0 Å². The Hall–Kier alpha value is -6.19. The van der Waals surface area contributed by atoms with Crippen LogP contribution in [0.2, 0.25) is 0 Å². The average molecular weight is 585 g/mol. The minimum atomic E-state index is 0.801. The second-order valence-electron chi connectivity index (χ2n) is 12.2. The van der Waals surface area contributed by atoms with Crippen LogP contribution in [0.4, 0.5) is 0 Å². The van der Waals surface area contributed by atoms with E-state index in [0.717, 1.165) is 49.7 Å². The van der Waals surface area contributed by atoms with E-state index in [-0.39, 0.29) is 0 Å². The van der Waals surface area contributed by atoms with Crippen LogP contribution in [0.25, 0.3) is 104 Å². The van der Waals surface area contributed by atoms with Crippen LogP contribution in [0, 0.1) is 0 Å². The van der Waals surface area contributed by atoms with Gasteiger partial charge in [-0.05, 0) is 50.5 Å². The molecule has 11 aromatic rings. The molecule has 0 fully saturated rings. The summed E-state index contributed by atoms with van der Waals surface area (Å²) in [6.07, 6.45) is 0. The number of hydrogen-bond acceptors (Lipinski definition) is 2. The SMILES string of the molecule is c1ccc2c(c1)nc(-n1c3ccccc3c3c4c5ccccc5c5ccccc5c4c4ccccc4c31)c1oc3ccccc3c12. The molecule has 0 radical (unpaired) electrons. The summed E-state index contributed by atoms with van der Waals surface area (Å²) < 4.78 is 9.13. The predicted octanol–water partition coefficient (Wildman–Crippen LogP) is 11.8. The highest BCUT2D eigenvalue weighted by Gasteiger charge is 2.25. The number of pyridine rings is 1. The number of para-hydroxylation sites is 3. The molecule has 0 N–H and O–H groups in total. The van der Waals surface area contributed by atoms with Crippen LogP contribution >= 0.6 is 0 Å². The van der Waals surface area contributed by atoms with Crippen molar-refractivity contribution in [3.63, 3.8) is 0 Å². The molecule has 46 heavy (non-hydrogen) atoms. The average Bonchev–Trinajstić information content (AvgIpc) is 3.68. The van der Waals surface area contributed by atoms with Gasteiger partial charge in [-0.15, -0.1) is 0 Å². The number of aromatic nitrogens is 2. The first kappa shape index (κ1) is 24.2. The number of nitrogens with zero attached hydrogens (tertiary/aromatic N) is 2. The highest BCUT2D eigenvalue weighted by Crippen LogP contribution is 2.48. The summed E-state index contributed by atoms with van der Waals surface area (Å²) in [6, 6.07) is 52.1. The van der Waals surface area contributed by atoms with Crippen molar-refractivity contribution in [1.82, 2.24) is 9.55 Å². The number of rotatable bonds is 1. The molecule has 8 aromatic carbocycles. The Balaban J connectivity index is 1.48. The number of hydrogen-bond donors (Lipinski definition) is 0. The van der Waals surface area contributed by atoms with Gasteiger partial charge in [-0.3, -0.25) is 4.57 Å². The molecule has 0 atom stereocenters. The van der Waals surface area contributed by atoms with E-state index in [0.29, 0.717) is 0 Å². The fourth-order valence-corrected chi connectivity index (χ4v) is 8.13. The van der Waals surface area contributed by atoms with Gasteiger partial charge in [-0.25, -0.2) is 4.98 Å². The normalized spacial score (nSPS) is 12.3. The lowest BCUT2D eigenvalue weighted by atomic mass is 9.88. The lowest BCUT2D eigenvalue weighted by Crippen LogP contribution is -2.00. The lowest BCUT2D eigenvalue weighted by Gasteiger charge is -2.16.